The Labute approximate surface area is 92.6 Å². The van der Waals surface area contributed by atoms with E-state index in [0.717, 1.165) is 16.5 Å². The molecule has 2 aromatic rings. The number of benzene rings is 1. The van der Waals surface area contributed by atoms with Crippen LogP contribution in [0.25, 0.3) is 10.9 Å². The minimum absolute atomic E-state index is 0.690. The van der Waals surface area contributed by atoms with E-state index in [1.165, 1.54) is 0 Å². The van der Waals surface area contributed by atoms with Gasteiger partial charge in [-0.25, -0.2) is 0 Å². The molecular formula is C9H10ClN3S. The fourth-order valence-corrected chi connectivity index (χ4v) is 2.04. The minimum atomic E-state index is 0.690. The van der Waals surface area contributed by atoms with Crippen molar-refractivity contribution in [1.29, 1.82) is 0 Å². The maximum atomic E-state index is 6.10. The van der Waals surface area contributed by atoms with Gasteiger partial charge in [-0.2, -0.15) is 5.10 Å². The van der Waals surface area contributed by atoms with Gasteiger partial charge in [0.25, 0.3) is 0 Å². The third-order valence-corrected chi connectivity index (χ3v) is 2.77. The van der Waals surface area contributed by atoms with Gasteiger partial charge in [-0.15, -0.1) is 0 Å². The van der Waals surface area contributed by atoms with Gasteiger partial charge in [0.15, 0.2) is 5.82 Å². The molecule has 1 N–H and O–H groups in total. The van der Waals surface area contributed by atoms with E-state index in [-0.39, 0.29) is 0 Å². The molecule has 0 saturated heterocycles. The summed E-state index contributed by atoms with van der Waals surface area (Å²) in [6.07, 6.45) is 0. The Balaban J connectivity index is 2.94. The van der Waals surface area contributed by atoms with Gasteiger partial charge in [0.2, 0.25) is 0 Å². The highest BCUT2D eigenvalue weighted by atomic mass is 35.5. The number of nitrogens with one attached hydrogen (secondary N) is 1. The van der Waals surface area contributed by atoms with Gasteiger partial charge >= 0.3 is 0 Å². The van der Waals surface area contributed by atoms with Crippen LogP contribution >= 0.6 is 24.4 Å². The molecule has 0 spiro atoms. The molecular weight excluding hydrogens is 218 g/mol. The van der Waals surface area contributed by atoms with Crippen molar-refractivity contribution in [3.8, 4) is 0 Å². The van der Waals surface area contributed by atoms with E-state index < -0.39 is 0 Å². The van der Waals surface area contributed by atoms with E-state index in [9.17, 15) is 0 Å². The summed E-state index contributed by atoms with van der Waals surface area (Å²) >= 11 is 10.1. The first-order valence-corrected chi connectivity index (χ1v) is 4.99. The number of fused-ring (bicyclic) bond motifs is 1. The summed E-state index contributed by atoms with van der Waals surface area (Å²) in [5.74, 6) is 0.694. The van der Waals surface area contributed by atoms with E-state index in [4.69, 9.17) is 11.6 Å². The molecule has 0 radical (unpaired) electrons. The third-order valence-electron chi connectivity index (χ3n) is 2.25. The van der Waals surface area contributed by atoms with Crippen molar-refractivity contribution in [2.75, 3.05) is 4.72 Å². The molecule has 1 aromatic heterocycles. The van der Waals surface area contributed by atoms with E-state index in [2.05, 4.69) is 22.6 Å². The number of thiol groups is 1. The standard InChI is InChI=1S/C9H10ClN3S/c1-5-3-4-6(10)7-8(5)13(2)11-9(7)12-14/h3-4,14H,1-2H3,(H,11,12). The number of aromatic nitrogens is 2. The van der Waals surface area contributed by atoms with Crippen molar-refractivity contribution in [1.82, 2.24) is 9.78 Å². The maximum absolute atomic E-state index is 6.10. The van der Waals surface area contributed by atoms with E-state index in [0.29, 0.717) is 10.8 Å². The zero-order valence-electron chi connectivity index (χ0n) is 7.87. The highest BCUT2D eigenvalue weighted by Gasteiger charge is 2.12. The Morgan fingerprint density at radius 1 is 1.50 bits per heavy atom. The number of aryl methyl sites for hydroxylation is 2. The van der Waals surface area contributed by atoms with Gasteiger partial charge in [-0.1, -0.05) is 30.5 Å². The molecule has 0 aliphatic carbocycles. The molecule has 5 heteroatoms. The van der Waals surface area contributed by atoms with Gasteiger partial charge in [-0.05, 0) is 18.6 Å². The molecule has 0 aliphatic rings. The van der Waals surface area contributed by atoms with Crippen LogP contribution in [0, 0.1) is 6.92 Å². The van der Waals surface area contributed by atoms with Crippen LogP contribution in [-0.2, 0) is 7.05 Å². The molecule has 0 amide bonds. The molecule has 0 unspecified atom stereocenters. The highest BCUT2D eigenvalue weighted by molar-refractivity contribution is 7.81. The predicted molar refractivity (Wildman–Crippen MR) is 63.1 cm³/mol. The molecule has 74 valence electrons. The van der Waals surface area contributed by atoms with Crippen LogP contribution in [-0.4, -0.2) is 9.78 Å². The lowest BCUT2D eigenvalue weighted by atomic mass is 10.1. The minimum Gasteiger partial charge on any atom is -0.315 e. The zero-order valence-corrected chi connectivity index (χ0v) is 9.52. The first-order valence-electron chi connectivity index (χ1n) is 4.17. The molecule has 0 aliphatic heterocycles. The SMILES string of the molecule is Cc1ccc(Cl)c2c(NS)nn(C)c12. The van der Waals surface area contributed by atoms with Gasteiger partial charge in [0.05, 0.1) is 15.9 Å². The average Bonchev–Trinajstić information content (AvgIpc) is 2.50. The van der Waals surface area contributed by atoms with Crippen molar-refractivity contribution in [3.63, 3.8) is 0 Å². The number of rotatable bonds is 1. The first kappa shape index (κ1) is 9.68. The molecule has 2 rings (SSSR count). The fourth-order valence-electron chi connectivity index (χ4n) is 1.64. The fraction of sp³-hybridized carbons (Fsp3) is 0.222. The number of anilines is 1. The summed E-state index contributed by atoms with van der Waals surface area (Å²) in [6, 6.07) is 3.85. The van der Waals surface area contributed by atoms with E-state index in [1.807, 2.05) is 26.1 Å². The normalized spacial score (nSPS) is 10.9. The number of halogens is 1. The molecule has 0 saturated carbocycles. The molecule has 3 nitrogen and oxygen atoms in total. The lowest BCUT2D eigenvalue weighted by molar-refractivity contribution is 0.800. The summed E-state index contributed by atoms with van der Waals surface area (Å²) in [5.41, 5.74) is 2.18. The summed E-state index contributed by atoms with van der Waals surface area (Å²) in [6.45, 7) is 2.03. The van der Waals surface area contributed by atoms with Crippen LogP contribution in [0.5, 0.6) is 0 Å². The topological polar surface area (TPSA) is 29.9 Å². The van der Waals surface area contributed by atoms with Gasteiger partial charge in [0, 0.05) is 7.05 Å². The second-order valence-corrected chi connectivity index (χ2v) is 3.80. The molecule has 1 aromatic carbocycles. The Hall–Kier alpha value is -0.870. The van der Waals surface area contributed by atoms with Crippen molar-refractivity contribution in [2.24, 2.45) is 7.05 Å². The lowest BCUT2D eigenvalue weighted by Crippen LogP contribution is -1.91. The Kier molecular flexibility index (Phi) is 2.33. The van der Waals surface area contributed by atoms with Crippen LogP contribution in [0.3, 0.4) is 0 Å². The molecule has 0 atom stereocenters. The summed E-state index contributed by atoms with van der Waals surface area (Å²) in [4.78, 5) is 0. The monoisotopic (exact) mass is 227 g/mol. The van der Waals surface area contributed by atoms with Crippen molar-refractivity contribution < 1.29 is 0 Å². The Bertz CT molecular complexity index is 492. The largest absolute Gasteiger partial charge is 0.315 e. The molecule has 0 bridgehead atoms. The third kappa shape index (κ3) is 1.26. The molecule has 14 heavy (non-hydrogen) atoms. The van der Waals surface area contributed by atoms with E-state index >= 15 is 0 Å². The van der Waals surface area contributed by atoms with Gasteiger partial charge in [-0.3, -0.25) is 4.68 Å². The van der Waals surface area contributed by atoms with Crippen LogP contribution in [0.1, 0.15) is 5.56 Å². The van der Waals surface area contributed by atoms with Crippen molar-refractivity contribution >= 4 is 41.1 Å². The number of hydrogen-bond donors (Lipinski definition) is 2. The summed E-state index contributed by atoms with van der Waals surface area (Å²) < 4.78 is 4.54. The quantitative estimate of drug-likeness (QED) is 0.734. The van der Waals surface area contributed by atoms with Crippen molar-refractivity contribution in [2.45, 2.75) is 6.92 Å². The Morgan fingerprint density at radius 2 is 2.21 bits per heavy atom. The van der Waals surface area contributed by atoms with Crippen molar-refractivity contribution in [3.05, 3.63) is 22.7 Å². The Morgan fingerprint density at radius 3 is 2.86 bits per heavy atom. The zero-order chi connectivity index (χ0) is 10.3. The predicted octanol–water partition coefficient (Wildman–Crippen LogP) is 2.79. The van der Waals surface area contributed by atoms with Gasteiger partial charge in [0.1, 0.15) is 0 Å². The highest BCUT2D eigenvalue weighted by Crippen LogP contribution is 2.32. The maximum Gasteiger partial charge on any atom is 0.167 e. The number of hydrogen-bond acceptors (Lipinski definition) is 3. The summed E-state index contributed by atoms with van der Waals surface area (Å²) in [5, 5.41) is 5.89. The number of nitrogens with zero attached hydrogens (tertiary/aromatic N) is 2. The van der Waals surface area contributed by atoms with Gasteiger partial charge < -0.3 is 4.72 Å². The first-order chi connectivity index (χ1) is 6.65. The lowest BCUT2D eigenvalue weighted by Gasteiger charge is -2.00. The van der Waals surface area contributed by atoms with E-state index in [1.54, 1.807) is 4.68 Å². The van der Waals surface area contributed by atoms with Crippen LogP contribution < -0.4 is 4.72 Å². The summed E-state index contributed by atoms with van der Waals surface area (Å²) in [7, 11) is 1.89. The van der Waals surface area contributed by atoms with Crippen LogP contribution in [0.2, 0.25) is 5.02 Å². The smallest absolute Gasteiger partial charge is 0.167 e. The van der Waals surface area contributed by atoms with Crippen LogP contribution in [0.4, 0.5) is 5.82 Å². The second kappa shape index (κ2) is 3.37. The van der Waals surface area contributed by atoms with Crippen LogP contribution in [0.15, 0.2) is 12.1 Å². The second-order valence-electron chi connectivity index (χ2n) is 3.17. The average molecular weight is 228 g/mol. The molecule has 0 fully saturated rings. The molecule has 1 heterocycles.